The molecular formula is C20H20F3NO2. The van der Waals surface area contributed by atoms with Gasteiger partial charge in [0.2, 0.25) is 0 Å². The van der Waals surface area contributed by atoms with E-state index >= 15 is 0 Å². The number of halogens is 3. The highest BCUT2D eigenvalue weighted by molar-refractivity contribution is 5.80. The Labute approximate surface area is 150 Å². The number of rotatable bonds is 5. The fourth-order valence-electron chi connectivity index (χ4n) is 3.07. The van der Waals surface area contributed by atoms with Crippen LogP contribution in [0.2, 0.25) is 0 Å². The van der Waals surface area contributed by atoms with Crippen LogP contribution in [0.3, 0.4) is 0 Å². The largest absolute Gasteiger partial charge is 0.481 e. The van der Waals surface area contributed by atoms with E-state index < -0.39 is 17.8 Å². The molecule has 2 aromatic rings. The number of amides is 1. The molecule has 138 valence electrons. The Kier molecular flexibility index (Phi) is 5.20. The Morgan fingerprint density at radius 3 is 2.69 bits per heavy atom. The molecule has 1 amide bonds. The molecule has 0 bridgehead atoms. The summed E-state index contributed by atoms with van der Waals surface area (Å²) in [5.74, 6) is 0.260. The SMILES string of the molecule is CC(Oc1ccc2c(c1)CCC2)C(=O)NCc1cccc(C(F)(F)F)c1. The van der Waals surface area contributed by atoms with E-state index in [1.165, 1.54) is 17.2 Å². The van der Waals surface area contributed by atoms with Crippen LogP contribution in [0.25, 0.3) is 0 Å². The Morgan fingerprint density at radius 2 is 1.92 bits per heavy atom. The molecule has 1 atom stereocenters. The van der Waals surface area contributed by atoms with Crippen LogP contribution in [-0.4, -0.2) is 12.0 Å². The highest BCUT2D eigenvalue weighted by atomic mass is 19.4. The van der Waals surface area contributed by atoms with Gasteiger partial charge in [-0.2, -0.15) is 13.2 Å². The van der Waals surface area contributed by atoms with E-state index in [-0.39, 0.29) is 12.5 Å². The minimum absolute atomic E-state index is 0.0145. The summed E-state index contributed by atoms with van der Waals surface area (Å²) in [6.07, 6.45) is -1.92. The van der Waals surface area contributed by atoms with Gasteiger partial charge in [-0.25, -0.2) is 0 Å². The first-order chi connectivity index (χ1) is 12.3. The summed E-state index contributed by atoms with van der Waals surface area (Å²) in [5, 5.41) is 2.62. The van der Waals surface area contributed by atoms with Crippen molar-refractivity contribution < 1.29 is 22.7 Å². The van der Waals surface area contributed by atoms with Crippen LogP contribution in [0.15, 0.2) is 42.5 Å². The van der Waals surface area contributed by atoms with E-state index in [0.717, 1.165) is 31.4 Å². The zero-order valence-corrected chi connectivity index (χ0v) is 14.4. The van der Waals surface area contributed by atoms with Crippen LogP contribution in [0.1, 0.15) is 35.6 Å². The predicted octanol–water partition coefficient (Wildman–Crippen LogP) is 4.28. The maximum absolute atomic E-state index is 12.7. The van der Waals surface area contributed by atoms with Crippen molar-refractivity contribution in [2.45, 2.75) is 45.0 Å². The average molecular weight is 363 g/mol. The van der Waals surface area contributed by atoms with Gasteiger partial charge in [-0.1, -0.05) is 18.2 Å². The molecule has 0 spiro atoms. The molecule has 3 nitrogen and oxygen atoms in total. The van der Waals surface area contributed by atoms with Crippen molar-refractivity contribution >= 4 is 5.91 Å². The normalized spacial score (nSPS) is 14.6. The van der Waals surface area contributed by atoms with Crippen LogP contribution >= 0.6 is 0 Å². The molecule has 3 rings (SSSR count). The molecular weight excluding hydrogens is 343 g/mol. The van der Waals surface area contributed by atoms with Crippen molar-refractivity contribution in [3.05, 3.63) is 64.7 Å². The molecule has 0 fully saturated rings. The average Bonchev–Trinajstić information content (AvgIpc) is 3.07. The minimum Gasteiger partial charge on any atom is -0.481 e. The number of hydrogen-bond donors (Lipinski definition) is 1. The number of benzene rings is 2. The van der Waals surface area contributed by atoms with E-state index in [1.807, 2.05) is 18.2 Å². The molecule has 0 saturated carbocycles. The summed E-state index contributed by atoms with van der Waals surface area (Å²) in [4.78, 5) is 12.2. The first kappa shape index (κ1) is 18.3. The first-order valence-corrected chi connectivity index (χ1v) is 8.55. The number of hydrogen-bond acceptors (Lipinski definition) is 2. The lowest BCUT2D eigenvalue weighted by Gasteiger charge is -2.16. The lowest BCUT2D eigenvalue weighted by Crippen LogP contribution is -2.36. The fraction of sp³-hybridized carbons (Fsp3) is 0.350. The second kappa shape index (κ2) is 7.40. The Morgan fingerprint density at radius 1 is 1.15 bits per heavy atom. The first-order valence-electron chi connectivity index (χ1n) is 8.55. The molecule has 0 heterocycles. The topological polar surface area (TPSA) is 38.3 Å². The molecule has 1 N–H and O–H groups in total. The van der Waals surface area contributed by atoms with E-state index in [0.29, 0.717) is 11.3 Å². The third-order valence-electron chi connectivity index (χ3n) is 4.47. The van der Waals surface area contributed by atoms with Crippen molar-refractivity contribution in [3.63, 3.8) is 0 Å². The van der Waals surface area contributed by atoms with E-state index in [9.17, 15) is 18.0 Å². The van der Waals surface area contributed by atoms with Crippen LogP contribution in [0.4, 0.5) is 13.2 Å². The quantitative estimate of drug-likeness (QED) is 0.861. The number of nitrogens with one attached hydrogen (secondary N) is 1. The van der Waals surface area contributed by atoms with Gasteiger partial charge in [0.05, 0.1) is 5.56 Å². The number of fused-ring (bicyclic) bond motifs is 1. The molecule has 0 aliphatic heterocycles. The van der Waals surface area contributed by atoms with Gasteiger partial charge >= 0.3 is 6.18 Å². The third-order valence-corrected chi connectivity index (χ3v) is 4.47. The van der Waals surface area contributed by atoms with Crippen molar-refractivity contribution in [3.8, 4) is 5.75 Å². The maximum atomic E-state index is 12.7. The summed E-state index contributed by atoms with van der Waals surface area (Å²) in [7, 11) is 0. The Hall–Kier alpha value is -2.50. The predicted molar refractivity (Wildman–Crippen MR) is 91.8 cm³/mol. The zero-order chi connectivity index (χ0) is 18.7. The zero-order valence-electron chi connectivity index (χ0n) is 14.4. The monoisotopic (exact) mass is 363 g/mol. The highest BCUT2D eigenvalue weighted by Crippen LogP contribution is 2.29. The molecule has 26 heavy (non-hydrogen) atoms. The second-order valence-electron chi connectivity index (χ2n) is 6.46. The summed E-state index contributed by atoms with van der Waals surface area (Å²) >= 11 is 0. The Balaban J connectivity index is 1.56. The van der Waals surface area contributed by atoms with Gasteiger partial charge in [0, 0.05) is 6.54 Å². The van der Waals surface area contributed by atoms with Gasteiger partial charge < -0.3 is 10.1 Å². The minimum atomic E-state index is -4.40. The molecule has 1 aliphatic carbocycles. The molecule has 0 saturated heterocycles. The van der Waals surface area contributed by atoms with E-state index in [2.05, 4.69) is 5.32 Å². The van der Waals surface area contributed by atoms with Gasteiger partial charge in [-0.05, 0) is 67.1 Å². The van der Waals surface area contributed by atoms with Crippen molar-refractivity contribution in [1.29, 1.82) is 0 Å². The Bertz CT molecular complexity index is 802. The summed E-state index contributed by atoms with van der Waals surface area (Å²) in [6, 6.07) is 10.7. The summed E-state index contributed by atoms with van der Waals surface area (Å²) in [5.41, 5.74) is 2.22. The second-order valence-corrected chi connectivity index (χ2v) is 6.46. The van der Waals surface area contributed by atoms with Crippen LogP contribution in [0, 0.1) is 0 Å². The maximum Gasteiger partial charge on any atom is 0.416 e. The van der Waals surface area contributed by atoms with E-state index in [4.69, 9.17) is 4.74 Å². The van der Waals surface area contributed by atoms with Gasteiger partial charge in [0.1, 0.15) is 5.75 Å². The van der Waals surface area contributed by atoms with Crippen LogP contribution in [-0.2, 0) is 30.4 Å². The van der Waals surface area contributed by atoms with Crippen molar-refractivity contribution in [2.24, 2.45) is 0 Å². The molecule has 1 aliphatic rings. The van der Waals surface area contributed by atoms with Gasteiger partial charge in [-0.15, -0.1) is 0 Å². The third kappa shape index (κ3) is 4.36. The molecule has 1 unspecified atom stereocenters. The fourth-order valence-corrected chi connectivity index (χ4v) is 3.07. The summed E-state index contributed by atoms with van der Waals surface area (Å²) < 4.78 is 43.8. The van der Waals surface area contributed by atoms with Crippen molar-refractivity contribution in [1.82, 2.24) is 5.32 Å². The number of aryl methyl sites for hydroxylation is 2. The molecule has 0 radical (unpaired) electrons. The standard InChI is InChI=1S/C20H20F3NO2/c1-13(26-18-9-8-15-5-3-6-16(15)11-18)19(25)24-12-14-4-2-7-17(10-14)20(21,22)23/h2,4,7-11,13H,3,5-6,12H2,1H3,(H,24,25). The van der Waals surface area contributed by atoms with Gasteiger partial charge in [0.15, 0.2) is 6.10 Å². The lowest BCUT2D eigenvalue weighted by atomic mass is 10.1. The van der Waals surface area contributed by atoms with Crippen LogP contribution in [0.5, 0.6) is 5.75 Å². The van der Waals surface area contributed by atoms with E-state index in [1.54, 1.807) is 13.0 Å². The highest BCUT2D eigenvalue weighted by Gasteiger charge is 2.30. The number of alkyl halides is 3. The number of carbonyl (C=O) groups is 1. The number of carbonyl (C=O) groups excluding carboxylic acids is 1. The smallest absolute Gasteiger partial charge is 0.416 e. The molecule has 6 heteroatoms. The van der Waals surface area contributed by atoms with Crippen molar-refractivity contribution in [2.75, 3.05) is 0 Å². The van der Waals surface area contributed by atoms with Gasteiger partial charge in [0.25, 0.3) is 5.91 Å². The lowest BCUT2D eigenvalue weighted by molar-refractivity contribution is -0.137. The van der Waals surface area contributed by atoms with Crippen LogP contribution < -0.4 is 10.1 Å². The summed E-state index contributed by atoms with van der Waals surface area (Å²) in [6.45, 7) is 1.63. The number of ether oxygens (including phenoxy) is 1. The van der Waals surface area contributed by atoms with Gasteiger partial charge in [-0.3, -0.25) is 4.79 Å². The molecule has 0 aromatic heterocycles. The molecule has 2 aromatic carbocycles.